The van der Waals surface area contributed by atoms with Gasteiger partial charge in [-0.3, -0.25) is 9.00 Å². The van der Waals surface area contributed by atoms with Crippen LogP contribution in [0.25, 0.3) is 0 Å². The molecule has 1 rings (SSSR count). The van der Waals surface area contributed by atoms with Gasteiger partial charge < -0.3 is 11.1 Å². The molecule has 1 aromatic rings. The first-order chi connectivity index (χ1) is 7.63. The number of nitrogens with two attached hydrogens (primary N) is 1. The van der Waals surface area contributed by atoms with Crippen LogP contribution in [0.4, 0.5) is 5.69 Å². The van der Waals surface area contributed by atoms with Gasteiger partial charge in [-0.05, 0) is 12.1 Å². The monoisotopic (exact) mass is 241 g/mol. The summed E-state index contributed by atoms with van der Waals surface area (Å²) in [6.07, 6.45) is 1.43. The van der Waals surface area contributed by atoms with Crippen molar-refractivity contribution in [2.24, 2.45) is 0 Å². The van der Waals surface area contributed by atoms with E-state index in [0.29, 0.717) is 29.4 Å². The second-order valence-corrected chi connectivity index (χ2v) is 5.03. The number of carbonyl (C=O) groups is 1. The van der Waals surface area contributed by atoms with Crippen molar-refractivity contribution in [3.8, 4) is 0 Å². The lowest BCUT2D eigenvalue weighted by Crippen LogP contribution is -2.28. The number of nitrogen functional groups attached to an aromatic ring is 1. The average Bonchev–Trinajstić information content (AvgIpc) is 2.29. The number of nitrogens with one attached hydrogen (secondary N) is 1. The van der Waals surface area contributed by atoms with Crippen LogP contribution in [0.15, 0.2) is 18.3 Å². The van der Waals surface area contributed by atoms with Gasteiger partial charge in [0.25, 0.3) is 5.91 Å². The van der Waals surface area contributed by atoms with Gasteiger partial charge in [0.05, 0.1) is 11.9 Å². The summed E-state index contributed by atoms with van der Waals surface area (Å²) in [5.41, 5.74) is 6.28. The Labute approximate surface area is 96.9 Å². The molecule has 0 aliphatic carbocycles. The SMILES string of the molecule is CCS(=O)CCNC(=O)c1ccc(N)cn1. The van der Waals surface area contributed by atoms with Gasteiger partial charge in [0.2, 0.25) is 0 Å². The van der Waals surface area contributed by atoms with E-state index in [1.807, 2.05) is 6.92 Å². The van der Waals surface area contributed by atoms with Crippen LogP contribution in [-0.4, -0.2) is 33.2 Å². The van der Waals surface area contributed by atoms with Gasteiger partial charge in [-0.1, -0.05) is 6.92 Å². The summed E-state index contributed by atoms with van der Waals surface area (Å²) in [6.45, 7) is 2.24. The van der Waals surface area contributed by atoms with Crippen LogP contribution < -0.4 is 11.1 Å². The van der Waals surface area contributed by atoms with Crippen molar-refractivity contribution >= 4 is 22.4 Å². The zero-order valence-corrected chi connectivity index (χ0v) is 9.92. The minimum Gasteiger partial charge on any atom is -0.397 e. The Morgan fingerprint density at radius 3 is 2.88 bits per heavy atom. The van der Waals surface area contributed by atoms with Gasteiger partial charge >= 0.3 is 0 Å². The number of hydrogen-bond donors (Lipinski definition) is 2. The molecule has 0 aliphatic rings. The Bertz CT molecular complexity index is 378. The molecule has 16 heavy (non-hydrogen) atoms. The molecule has 1 heterocycles. The fourth-order valence-corrected chi connectivity index (χ4v) is 1.67. The zero-order chi connectivity index (χ0) is 12.0. The van der Waals surface area contributed by atoms with E-state index in [1.54, 1.807) is 12.1 Å². The number of pyridine rings is 1. The number of amides is 1. The standard InChI is InChI=1S/C10H15N3O2S/c1-2-16(15)6-5-12-10(14)9-4-3-8(11)7-13-9/h3-4,7H,2,5-6,11H2,1H3,(H,12,14). The average molecular weight is 241 g/mol. The summed E-state index contributed by atoms with van der Waals surface area (Å²) in [6, 6.07) is 3.17. The van der Waals surface area contributed by atoms with Gasteiger partial charge in [-0.15, -0.1) is 0 Å². The molecule has 1 amide bonds. The Morgan fingerprint density at radius 1 is 1.56 bits per heavy atom. The molecule has 0 spiro atoms. The highest BCUT2D eigenvalue weighted by molar-refractivity contribution is 7.84. The second-order valence-electron chi connectivity index (χ2n) is 3.17. The molecule has 0 saturated carbocycles. The van der Waals surface area contributed by atoms with Crippen molar-refractivity contribution in [2.75, 3.05) is 23.8 Å². The summed E-state index contributed by atoms with van der Waals surface area (Å²) in [5.74, 6) is 0.806. The molecule has 1 atom stereocenters. The third-order valence-corrected chi connectivity index (χ3v) is 3.26. The van der Waals surface area contributed by atoms with Crippen molar-refractivity contribution < 1.29 is 9.00 Å². The van der Waals surface area contributed by atoms with E-state index < -0.39 is 10.8 Å². The molecule has 0 bridgehead atoms. The molecule has 0 radical (unpaired) electrons. The molecule has 0 aliphatic heterocycles. The summed E-state index contributed by atoms with van der Waals surface area (Å²) in [7, 11) is -0.859. The van der Waals surface area contributed by atoms with Gasteiger partial charge in [-0.25, -0.2) is 4.98 Å². The van der Waals surface area contributed by atoms with E-state index >= 15 is 0 Å². The van der Waals surface area contributed by atoms with Crippen LogP contribution in [-0.2, 0) is 10.8 Å². The fraction of sp³-hybridized carbons (Fsp3) is 0.400. The number of aromatic nitrogens is 1. The first kappa shape index (κ1) is 12.6. The van der Waals surface area contributed by atoms with Gasteiger partial charge in [0.1, 0.15) is 5.69 Å². The van der Waals surface area contributed by atoms with Gasteiger partial charge in [0, 0.05) is 28.9 Å². The minimum atomic E-state index is -0.859. The van der Waals surface area contributed by atoms with Crippen LogP contribution in [0.5, 0.6) is 0 Å². The van der Waals surface area contributed by atoms with Crippen molar-refractivity contribution in [1.82, 2.24) is 10.3 Å². The highest BCUT2D eigenvalue weighted by atomic mass is 32.2. The van der Waals surface area contributed by atoms with Crippen molar-refractivity contribution in [3.05, 3.63) is 24.0 Å². The number of hydrogen-bond acceptors (Lipinski definition) is 4. The Morgan fingerprint density at radius 2 is 2.31 bits per heavy atom. The first-order valence-corrected chi connectivity index (χ1v) is 6.47. The minimum absolute atomic E-state index is 0.270. The number of carbonyl (C=O) groups excluding carboxylic acids is 1. The molecular weight excluding hydrogens is 226 g/mol. The maximum absolute atomic E-state index is 11.5. The Hall–Kier alpha value is -1.43. The Balaban J connectivity index is 2.41. The highest BCUT2D eigenvalue weighted by Gasteiger charge is 2.06. The fourth-order valence-electron chi connectivity index (χ4n) is 1.05. The molecule has 0 aromatic carbocycles. The maximum Gasteiger partial charge on any atom is 0.269 e. The van der Waals surface area contributed by atoms with E-state index in [1.165, 1.54) is 6.20 Å². The first-order valence-electron chi connectivity index (χ1n) is 4.98. The maximum atomic E-state index is 11.5. The van der Waals surface area contributed by atoms with Crippen LogP contribution in [0.1, 0.15) is 17.4 Å². The van der Waals surface area contributed by atoms with Crippen LogP contribution >= 0.6 is 0 Å². The highest BCUT2D eigenvalue weighted by Crippen LogP contribution is 2.00. The summed E-state index contributed by atoms with van der Waals surface area (Å²) in [4.78, 5) is 15.4. The third kappa shape index (κ3) is 3.98. The molecule has 88 valence electrons. The molecule has 6 heteroatoms. The van der Waals surface area contributed by atoms with E-state index in [9.17, 15) is 9.00 Å². The van der Waals surface area contributed by atoms with E-state index in [2.05, 4.69) is 10.3 Å². The Kier molecular flexibility index (Phi) is 4.91. The number of anilines is 1. The molecule has 1 aromatic heterocycles. The topological polar surface area (TPSA) is 85.1 Å². The van der Waals surface area contributed by atoms with Crippen LogP contribution in [0, 0.1) is 0 Å². The number of nitrogens with zero attached hydrogens (tertiary/aromatic N) is 1. The molecule has 0 saturated heterocycles. The van der Waals surface area contributed by atoms with E-state index in [-0.39, 0.29) is 5.91 Å². The zero-order valence-electron chi connectivity index (χ0n) is 9.10. The molecule has 1 unspecified atom stereocenters. The lowest BCUT2D eigenvalue weighted by molar-refractivity contribution is 0.0951. The van der Waals surface area contributed by atoms with Gasteiger partial charge in [0.15, 0.2) is 0 Å². The van der Waals surface area contributed by atoms with Gasteiger partial charge in [-0.2, -0.15) is 0 Å². The second kappa shape index (κ2) is 6.22. The predicted octanol–water partition coefficient (Wildman–Crippen LogP) is 0.162. The van der Waals surface area contributed by atoms with Crippen molar-refractivity contribution in [3.63, 3.8) is 0 Å². The third-order valence-electron chi connectivity index (χ3n) is 1.96. The van der Waals surface area contributed by atoms with Crippen LogP contribution in [0.2, 0.25) is 0 Å². The van der Waals surface area contributed by atoms with Crippen molar-refractivity contribution in [1.29, 1.82) is 0 Å². The summed E-state index contributed by atoms with van der Waals surface area (Å²) < 4.78 is 11.1. The predicted molar refractivity (Wildman–Crippen MR) is 64.5 cm³/mol. The molecule has 3 N–H and O–H groups in total. The normalized spacial score (nSPS) is 12.1. The molecule has 5 nitrogen and oxygen atoms in total. The van der Waals surface area contributed by atoms with Crippen molar-refractivity contribution in [2.45, 2.75) is 6.92 Å². The van der Waals surface area contributed by atoms with E-state index in [4.69, 9.17) is 5.73 Å². The molecule has 0 fully saturated rings. The summed E-state index contributed by atoms with van der Waals surface area (Å²) in [5, 5.41) is 2.65. The lowest BCUT2D eigenvalue weighted by atomic mass is 10.3. The largest absolute Gasteiger partial charge is 0.397 e. The summed E-state index contributed by atoms with van der Waals surface area (Å²) >= 11 is 0. The molecular formula is C10H15N3O2S. The lowest BCUT2D eigenvalue weighted by Gasteiger charge is -2.03. The van der Waals surface area contributed by atoms with Crippen LogP contribution in [0.3, 0.4) is 0 Å². The quantitative estimate of drug-likeness (QED) is 0.769. The smallest absolute Gasteiger partial charge is 0.269 e. The van der Waals surface area contributed by atoms with E-state index in [0.717, 1.165) is 0 Å². The number of rotatable bonds is 5.